The maximum absolute atomic E-state index is 13.0. The maximum atomic E-state index is 13.0. The van der Waals surface area contributed by atoms with Crippen LogP contribution in [0.15, 0.2) is 42.6 Å². The van der Waals surface area contributed by atoms with Crippen molar-refractivity contribution in [3.8, 4) is 5.75 Å². The molecule has 4 nitrogen and oxygen atoms in total. The van der Waals surface area contributed by atoms with E-state index in [0.29, 0.717) is 5.69 Å². The molecule has 5 heteroatoms. The number of aromatic carboxylic acids is 1. The normalized spacial score (nSPS) is 10.1. The molecular formula is C13H10FNO3. The number of nitrogens with zero attached hydrogens (tertiary/aromatic N) is 1. The van der Waals surface area contributed by atoms with Crippen LogP contribution in [0.3, 0.4) is 0 Å². The summed E-state index contributed by atoms with van der Waals surface area (Å²) >= 11 is 0. The van der Waals surface area contributed by atoms with E-state index >= 15 is 0 Å². The molecule has 2 rings (SSSR count). The molecule has 0 aliphatic rings. The summed E-state index contributed by atoms with van der Waals surface area (Å²) in [5, 5.41) is 8.94. The average Bonchev–Trinajstić information content (AvgIpc) is 2.37. The number of benzene rings is 1. The third-order valence-electron chi connectivity index (χ3n) is 2.28. The predicted octanol–water partition coefficient (Wildman–Crippen LogP) is 2.50. The lowest BCUT2D eigenvalue weighted by atomic mass is 10.2. The van der Waals surface area contributed by atoms with Crippen molar-refractivity contribution in [1.82, 2.24) is 4.98 Å². The Morgan fingerprint density at radius 3 is 2.83 bits per heavy atom. The Hall–Kier alpha value is -2.43. The van der Waals surface area contributed by atoms with Crippen molar-refractivity contribution in [1.29, 1.82) is 0 Å². The number of hydrogen-bond acceptors (Lipinski definition) is 3. The number of halogens is 1. The second kappa shape index (κ2) is 5.27. The number of rotatable bonds is 4. The van der Waals surface area contributed by atoms with Crippen LogP contribution in [0, 0.1) is 5.82 Å². The highest BCUT2D eigenvalue weighted by molar-refractivity contribution is 5.90. The van der Waals surface area contributed by atoms with Crippen LogP contribution in [-0.2, 0) is 6.61 Å². The van der Waals surface area contributed by atoms with Crippen LogP contribution in [-0.4, -0.2) is 16.1 Å². The van der Waals surface area contributed by atoms with Gasteiger partial charge < -0.3 is 9.84 Å². The van der Waals surface area contributed by atoms with Gasteiger partial charge >= 0.3 is 5.97 Å². The molecule has 2 aromatic rings. The summed E-state index contributed by atoms with van der Waals surface area (Å²) in [6.45, 7) is 0.0879. The Kier molecular flexibility index (Phi) is 3.52. The Labute approximate surface area is 103 Å². The third kappa shape index (κ3) is 2.82. The fourth-order valence-electron chi connectivity index (χ4n) is 1.43. The van der Waals surface area contributed by atoms with Crippen LogP contribution in [0.5, 0.6) is 5.75 Å². The van der Waals surface area contributed by atoms with Gasteiger partial charge in [-0.1, -0.05) is 6.07 Å². The molecular weight excluding hydrogens is 237 g/mol. The molecule has 1 aromatic heterocycles. The van der Waals surface area contributed by atoms with E-state index in [0.717, 1.165) is 12.1 Å². The average molecular weight is 247 g/mol. The minimum absolute atomic E-state index is 0.00634. The minimum atomic E-state index is -1.16. The zero-order valence-electron chi connectivity index (χ0n) is 9.34. The number of ether oxygens (including phenoxy) is 1. The van der Waals surface area contributed by atoms with Crippen LogP contribution in [0.1, 0.15) is 16.1 Å². The molecule has 0 unspecified atom stereocenters. The summed E-state index contributed by atoms with van der Waals surface area (Å²) in [4.78, 5) is 15.0. The van der Waals surface area contributed by atoms with E-state index in [1.807, 2.05) is 0 Å². The predicted molar refractivity (Wildman–Crippen MR) is 61.9 cm³/mol. The van der Waals surface area contributed by atoms with Crippen molar-refractivity contribution in [2.24, 2.45) is 0 Å². The number of aromatic nitrogens is 1. The summed E-state index contributed by atoms with van der Waals surface area (Å²) in [5.74, 6) is -1.71. The van der Waals surface area contributed by atoms with E-state index in [1.54, 1.807) is 24.4 Å². The maximum Gasteiger partial charge on any atom is 0.339 e. The summed E-state index contributed by atoms with van der Waals surface area (Å²) < 4.78 is 18.3. The molecule has 0 aliphatic carbocycles. The van der Waals surface area contributed by atoms with Gasteiger partial charge in [0.25, 0.3) is 0 Å². The van der Waals surface area contributed by atoms with Gasteiger partial charge in [-0.05, 0) is 24.3 Å². The molecule has 18 heavy (non-hydrogen) atoms. The highest BCUT2D eigenvalue weighted by Crippen LogP contribution is 2.20. The van der Waals surface area contributed by atoms with Crippen molar-refractivity contribution in [3.63, 3.8) is 0 Å². The van der Waals surface area contributed by atoms with Gasteiger partial charge in [0, 0.05) is 12.3 Å². The molecule has 0 fully saturated rings. The summed E-state index contributed by atoms with van der Waals surface area (Å²) in [7, 11) is 0. The topological polar surface area (TPSA) is 59.4 Å². The van der Waals surface area contributed by atoms with E-state index in [1.165, 1.54) is 6.07 Å². The quantitative estimate of drug-likeness (QED) is 0.901. The standard InChI is InChI=1S/C13H10FNO3/c14-9-4-5-11(13(16)17)12(7-9)18-8-10-3-1-2-6-15-10/h1-7H,8H2,(H,16,17). The van der Waals surface area contributed by atoms with Crippen LogP contribution in [0.2, 0.25) is 0 Å². The monoisotopic (exact) mass is 247 g/mol. The Morgan fingerprint density at radius 2 is 2.17 bits per heavy atom. The first kappa shape index (κ1) is 12.0. The van der Waals surface area contributed by atoms with E-state index in [-0.39, 0.29) is 17.9 Å². The Balaban J connectivity index is 2.18. The number of carboxylic acid groups (broad SMARTS) is 1. The number of hydrogen-bond donors (Lipinski definition) is 1. The van der Waals surface area contributed by atoms with Crippen LogP contribution < -0.4 is 4.74 Å². The minimum Gasteiger partial charge on any atom is -0.486 e. The van der Waals surface area contributed by atoms with Crippen molar-refractivity contribution in [2.75, 3.05) is 0 Å². The van der Waals surface area contributed by atoms with Gasteiger partial charge in [-0.3, -0.25) is 4.98 Å². The molecule has 1 heterocycles. The first-order chi connectivity index (χ1) is 8.66. The summed E-state index contributed by atoms with van der Waals surface area (Å²) in [6.07, 6.45) is 1.60. The van der Waals surface area contributed by atoms with E-state index in [2.05, 4.69) is 4.98 Å². The molecule has 0 saturated carbocycles. The Bertz CT molecular complexity index is 557. The van der Waals surface area contributed by atoms with E-state index < -0.39 is 11.8 Å². The smallest absolute Gasteiger partial charge is 0.339 e. The van der Waals surface area contributed by atoms with Crippen molar-refractivity contribution in [3.05, 3.63) is 59.7 Å². The van der Waals surface area contributed by atoms with Gasteiger partial charge in [0.05, 0.1) is 5.69 Å². The van der Waals surface area contributed by atoms with Crippen molar-refractivity contribution in [2.45, 2.75) is 6.61 Å². The number of carbonyl (C=O) groups is 1. The molecule has 0 bridgehead atoms. The van der Waals surface area contributed by atoms with Gasteiger partial charge in [0.2, 0.25) is 0 Å². The van der Waals surface area contributed by atoms with Gasteiger partial charge in [-0.25, -0.2) is 9.18 Å². The summed E-state index contributed by atoms with van der Waals surface area (Å²) in [5.41, 5.74) is 0.561. The van der Waals surface area contributed by atoms with Gasteiger partial charge in [-0.15, -0.1) is 0 Å². The summed E-state index contributed by atoms with van der Waals surface area (Å²) in [6, 6.07) is 8.58. The van der Waals surface area contributed by atoms with Crippen molar-refractivity contribution >= 4 is 5.97 Å². The first-order valence-corrected chi connectivity index (χ1v) is 5.22. The molecule has 0 radical (unpaired) electrons. The number of pyridine rings is 1. The van der Waals surface area contributed by atoms with Crippen LogP contribution in [0.25, 0.3) is 0 Å². The molecule has 0 aliphatic heterocycles. The third-order valence-corrected chi connectivity index (χ3v) is 2.28. The molecule has 92 valence electrons. The lowest BCUT2D eigenvalue weighted by Gasteiger charge is -2.08. The fraction of sp³-hybridized carbons (Fsp3) is 0.0769. The van der Waals surface area contributed by atoms with E-state index in [9.17, 15) is 9.18 Å². The highest BCUT2D eigenvalue weighted by Gasteiger charge is 2.12. The molecule has 0 saturated heterocycles. The molecule has 1 aromatic carbocycles. The molecule has 0 amide bonds. The van der Waals surface area contributed by atoms with Gasteiger partial charge in [-0.2, -0.15) is 0 Å². The zero-order chi connectivity index (χ0) is 13.0. The lowest BCUT2D eigenvalue weighted by molar-refractivity contribution is 0.0691. The van der Waals surface area contributed by atoms with Gasteiger partial charge in [0.15, 0.2) is 0 Å². The second-order valence-corrected chi connectivity index (χ2v) is 3.56. The lowest BCUT2D eigenvalue weighted by Crippen LogP contribution is -2.04. The molecule has 0 spiro atoms. The second-order valence-electron chi connectivity index (χ2n) is 3.56. The molecule has 0 atom stereocenters. The van der Waals surface area contributed by atoms with Crippen LogP contribution >= 0.6 is 0 Å². The van der Waals surface area contributed by atoms with Gasteiger partial charge in [0.1, 0.15) is 23.7 Å². The van der Waals surface area contributed by atoms with E-state index in [4.69, 9.17) is 9.84 Å². The van der Waals surface area contributed by atoms with Crippen molar-refractivity contribution < 1.29 is 19.0 Å². The van der Waals surface area contributed by atoms with Crippen LogP contribution in [0.4, 0.5) is 4.39 Å². The Morgan fingerprint density at radius 1 is 1.33 bits per heavy atom. The fourth-order valence-corrected chi connectivity index (χ4v) is 1.43. The molecule has 1 N–H and O–H groups in total. The number of carboxylic acids is 1. The highest BCUT2D eigenvalue weighted by atomic mass is 19.1. The SMILES string of the molecule is O=C(O)c1ccc(F)cc1OCc1ccccn1. The zero-order valence-corrected chi connectivity index (χ0v) is 9.34. The largest absolute Gasteiger partial charge is 0.486 e. The first-order valence-electron chi connectivity index (χ1n) is 5.22.